The van der Waals surface area contributed by atoms with E-state index in [1.54, 1.807) is 66.7 Å². The number of nitrogens with zero attached hydrogens (tertiary/aromatic N) is 1. The standard InChI is InChI=1S/C23H16N2O5/c26-21-16-8-4-5-9-17(16)25(15-6-2-1-3-7-15)23(28)20(21)22(27)24-14-10-11-18-19(12-14)30-13-29-18/h1-12,26H,13H2,(H,24,27). The summed E-state index contributed by atoms with van der Waals surface area (Å²) in [6.07, 6.45) is 0. The second-order valence-corrected chi connectivity index (χ2v) is 6.74. The number of ether oxygens (including phenoxy) is 2. The van der Waals surface area contributed by atoms with Crippen LogP contribution in [0, 0.1) is 0 Å². The van der Waals surface area contributed by atoms with E-state index in [0.29, 0.717) is 33.8 Å². The van der Waals surface area contributed by atoms with E-state index >= 15 is 0 Å². The fraction of sp³-hybridized carbons (Fsp3) is 0.0435. The van der Waals surface area contributed by atoms with E-state index in [4.69, 9.17) is 9.47 Å². The first-order valence-electron chi connectivity index (χ1n) is 9.26. The van der Waals surface area contributed by atoms with Gasteiger partial charge in [0.2, 0.25) is 6.79 Å². The summed E-state index contributed by atoms with van der Waals surface area (Å²) in [7, 11) is 0. The number of amides is 1. The van der Waals surface area contributed by atoms with Crippen LogP contribution in [0.25, 0.3) is 16.6 Å². The fourth-order valence-electron chi connectivity index (χ4n) is 3.53. The normalized spacial score (nSPS) is 12.1. The minimum Gasteiger partial charge on any atom is -0.506 e. The number of hydrogen-bond donors (Lipinski definition) is 2. The molecule has 0 spiro atoms. The van der Waals surface area contributed by atoms with Crippen molar-refractivity contribution in [1.29, 1.82) is 0 Å². The topological polar surface area (TPSA) is 89.8 Å². The van der Waals surface area contributed by atoms with Crippen LogP contribution < -0.4 is 20.3 Å². The number of aromatic nitrogens is 1. The fourth-order valence-corrected chi connectivity index (χ4v) is 3.53. The average Bonchev–Trinajstić information content (AvgIpc) is 3.22. The minimum absolute atomic E-state index is 0.111. The molecular weight excluding hydrogens is 384 g/mol. The van der Waals surface area contributed by atoms with Crippen LogP contribution in [0.15, 0.2) is 77.6 Å². The highest BCUT2D eigenvalue weighted by molar-refractivity contribution is 6.09. The lowest BCUT2D eigenvalue weighted by molar-refractivity contribution is 0.102. The van der Waals surface area contributed by atoms with Crippen molar-refractivity contribution in [3.05, 3.63) is 88.7 Å². The van der Waals surface area contributed by atoms with E-state index in [0.717, 1.165) is 0 Å². The van der Waals surface area contributed by atoms with Gasteiger partial charge in [0.1, 0.15) is 11.3 Å². The van der Waals surface area contributed by atoms with Gasteiger partial charge in [0, 0.05) is 22.8 Å². The van der Waals surface area contributed by atoms with Crippen molar-refractivity contribution in [2.45, 2.75) is 0 Å². The van der Waals surface area contributed by atoms with Crippen LogP contribution in [-0.4, -0.2) is 22.4 Å². The summed E-state index contributed by atoms with van der Waals surface area (Å²) in [6, 6.07) is 20.8. The lowest BCUT2D eigenvalue weighted by Crippen LogP contribution is -2.29. The van der Waals surface area contributed by atoms with Gasteiger partial charge in [-0.2, -0.15) is 0 Å². The number of rotatable bonds is 3. The molecule has 0 bridgehead atoms. The van der Waals surface area contributed by atoms with Gasteiger partial charge in [0.25, 0.3) is 11.5 Å². The van der Waals surface area contributed by atoms with Crippen molar-refractivity contribution in [3.8, 4) is 22.9 Å². The highest BCUT2D eigenvalue weighted by Gasteiger charge is 2.23. The summed E-state index contributed by atoms with van der Waals surface area (Å²) in [6.45, 7) is 0.111. The Balaban J connectivity index is 1.65. The molecule has 7 nitrogen and oxygen atoms in total. The molecule has 148 valence electrons. The van der Waals surface area contributed by atoms with Crippen LogP contribution in [0.4, 0.5) is 5.69 Å². The van der Waals surface area contributed by atoms with Gasteiger partial charge in [-0.3, -0.25) is 14.2 Å². The molecule has 0 aliphatic carbocycles. The summed E-state index contributed by atoms with van der Waals surface area (Å²) in [5.41, 5.74) is 0.565. The van der Waals surface area contributed by atoms with Crippen LogP contribution in [0.2, 0.25) is 0 Å². The molecule has 30 heavy (non-hydrogen) atoms. The van der Waals surface area contributed by atoms with Crippen molar-refractivity contribution < 1.29 is 19.4 Å². The average molecular weight is 400 g/mol. The number of fused-ring (bicyclic) bond motifs is 2. The maximum absolute atomic E-state index is 13.3. The Morgan fingerprint density at radius 2 is 1.67 bits per heavy atom. The molecule has 0 unspecified atom stereocenters. The van der Waals surface area contributed by atoms with Crippen molar-refractivity contribution >= 4 is 22.5 Å². The number of carbonyl (C=O) groups excluding carboxylic acids is 1. The predicted molar refractivity (Wildman–Crippen MR) is 112 cm³/mol. The highest BCUT2D eigenvalue weighted by atomic mass is 16.7. The van der Waals surface area contributed by atoms with E-state index in [-0.39, 0.29) is 18.1 Å². The zero-order valence-electron chi connectivity index (χ0n) is 15.7. The third kappa shape index (κ3) is 2.84. The first-order chi connectivity index (χ1) is 14.6. The quantitative estimate of drug-likeness (QED) is 0.548. The summed E-state index contributed by atoms with van der Waals surface area (Å²) in [5.74, 6) is -0.00182. The van der Waals surface area contributed by atoms with Crippen LogP contribution in [0.5, 0.6) is 17.2 Å². The lowest BCUT2D eigenvalue weighted by atomic mass is 10.1. The first-order valence-corrected chi connectivity index (χ1v) is 9.26. The van der Waals surface area contributed by atoms with Crippen molar-refractivity contribution in [1.82, 2.24) is 4.57 Å². The number of anilines is 1. The Labute approximate surface area is 170 Å². The molecule has 7 heteroatoms. The van der Waals surface area contributed by atoms with E-state index in [2.05, 4.69) is 5.32 Å². The maximum atomic E-state index is 13.3. The van der Waals surface area contributed by atoms with Crippen molar-refractivity contribution in [2.75, 3.05) is 12.1 Å². The Morgan fingerprint density at radius 1 is 0.933 bits per heavy atom. The predicted octanol–water partition coefficient (Wildman–Crippen LogP) is 3.68. The smallest absolute Gasteiger partial charge is 0.272 e. The van der Waals surface area contributed by atoms with E-state index in [1.807, 2.05) is 6.07 Å². The number of aromatic hydroxyl groups is 1. The molecule has 1 aliphatic rings. The van der Waals surface area contributed by atoms with Gasteiger partial charge in [-0.15, -0.1) is 0 Å². The molecule has 3 aromatic carbocycles. The molecule has 0 saturated carbocycles. The number of pyridine rings is 1. The van der Waals surface area contributed by atoms with E-state index in [1.165, 1.54) is 4.57 Å². The maximum Gasteiger partial charge on any atom is 0.272 e. The van der Waals surface area contributed by atoms with Crippen LogP contribution in [0.3, 0.4) is 0 Å². The number of hydrogen-bond acceptors (Lipinski definition) is 5. The zero-order chi connectivity index (χ0) is 20.7. The van der Waals surface area contributed by atoms with Gasteiger partial charge < -0.3 is 19.9 Å². The molecule has 1 aromatic heterocycles. The van der Waals surface area contributed by atoms with Gasteiger partial charge in [0.05, 0.1) is 5.52 Å². The Bertz CT molecular complexity index is 1350. The van der Waals surface area contributed by atoms with E-state index < -0.39 is 11.5 Å². The molecule has 0 radical (unpaired) electrons. The molecule has 0 fully saturated rings. The molecule has 1 aliphatic heterocycles. The minimum atomic E-state index is -0.716. The second-order valence-electron chi connectivity index (χ2n) is 6.74. The summed E-state index contributed by atoms with van der Waals surface area (Å²) in [5, 5.41) is 13.9. The van der Waals surface area contributed by atoms with Crippen LogP contribution >= 0.6 is 0 Å². The number of benzene rings is 3. The third-order valence-electron chi connectivity index (χ3n) is 4.93. The van der Waals surface area contributed by atoms with Crippen LogP contribution in [0.1, 0.15) is 10.4 Å². The Hall–Kier alpha value is -4.26. The van der Waals surface area contributed by atoms with Gasteiger partial charge in [-0.1, -0.05) is 30.3 Å². The van der Waals surface area contributed by atoms with Gasteiger partial charge in [0.15, 0.2) is 11.5 Å². The largest absolute Gasteiger partial charge is 0.506 e. The zero-order valence-corrected chi connectivity index (χ0v) is 15.7. The van der Waals surface area contributed by atoms with Gasteiger partial charge >= 0.3 is 0 Å². The van der Waals surface area contributed by atoms with Crippen molar-refractivity contribution in [3.63, 3.8) is 0 Å². The summed E-state index contributed by atoms with van der Waals surface area (Å²) in [4.78, 5) is 26.3. The number of carbonyl (C=O) groups is 1. The van der Waals surface area contributed by atoms with Gasteiger partial charge in [-0.25, -0.2) is 0 Å². The summed E-state index contributed by atoms with van der Waals surface area (Å²) >= 11 is 0. The third-order valence-corrected chi connectivity index (χ3v) is 4.93. The highest BCUT2D eigenvalue weighted by Crippen LogP contribution is 2.35. The number of para-hydroxylation sites is 2. The first kappa shape index (κ1) is 17.8. The number of nitrogens with one attached hydrogen (secondary N) is 1. The van der Waals surface area contributed by atoms with Crippen LogP contribution in [-0.2, 0) is 0 Å². The molecule has 2 N–H and O–H groups in total. The SMILES string of the molecule is O=C(Nc1ccc2c(c1)OCO2)c1c(O)c2ccccc2n(-c2ccccc2)c1=O. The molecule has 4 aromatic rings. The molecule has 1 amide bonds. The molecule has 5 rings (SSSR count). The Morgan fingerprint density at radius 3 is 2.50 bits per heavy atom. The molecular formula is C23H16N2O5. The van der Waals surface area contributed by atoms with Gasteiger partial charge in [-0.05, 0) is 36.4 Å². The second kappa shape index (κ2) is 6.97. The molecule has 0 atom stereocenters. The molecule has 0 saturated heterocycles. The monoisotopic (exact) mass is 400 g/mol. The summed E-state index contributed by atoms with van der Waals surface area (Å²) < 4.78 is 12.0. The lowest BCUT2D eigenvalue weighted by Gasteiger charge is -2.15. The Kier molecular flexibility index (Phi) is 4.14. The van der Waals surface area contributed by atoms with Crippen molar-refractivity contribution in [2.24, 2.45) is 0 Å². The molecule has 2 heterocycles. The van der Waals surface area contributed by atoms with E-state index in [9.17, 15) is 14.7 Å².